The van der Waals surface area contributed by atoms with Crippen LogP contribution >= 0.6 is 0 Å². The number of rotatable bonds is 6. The average Bonchev–Trinajstić information content (AvgIpc) is 2.36. The van der Waals surface area contributed by atoms with Crippen LogP contribution in [0.3, 0.4) is 0 Å². The predicted molar refractivity (Wildman–Crippen MR) is 79.9 cm³/mol. The summed E-state index contributed by atoms with van der Waals surface area (Å²) in [6, 6.07) is 9.44. The van der Waals surface area contributed by atoms with Crippen molar-refractivity contribution in [2.75, 3.05) is 6.54 Å². The molecular weight excluding hydrogens is 236 g/mol. The Kier molecular flexibility index (Phi) is 6.03. The topological polar surface area (TPSA) is 32.3 Å². The highest BCUT2D eigenvalue weighted by Gasteiger charge is 2.20. The molecule has 106 valence electrons. The summed E-state index contributed by atoms with van der Waals surface area (Å²) in [6.45, 7) is 9.12. The second-order valence-corrected chi connectivity index (χ2v) is 5.89. The van der Waals surface area contributed by atoms with Crippen LogP contribution in [0.1, 0.15) is 57.3 Å². The van der Waals surface area contributed by atoms with Gasteiger partial charge in [-0.3, -0.25) is 9.80 Å². The number of amides is 1. The molecule has 0 radical (unpaired) electrons. The minimum atomic E-state index is -0.114. The number of nitrogens with zero attached hydrogens (tertiary/aromatic N) is 1. The van der Waals surface area contributed by atoms with Gasteiger partial charge in [0.25, 0.3) is 5.91 Å². The predicted octanol–water partition coefficient (Wildman–Crippen LogP) is 3.62. The summed E-state index contributed by atoms with van der Waals surface area (Å²) in [5.41, 5.74) is 3.91. The number of nitrogens with one attached hydrogen (secondary N) is 1. The van der Waals surface area contributed by atoms with Gasteiger partial charge in [-0.05, 0) is 39.3 Å². The summed E-state index contributed by atoms with van der Waals surface area (Å²) in [7, 11) is 0. The van der Waals surface area contributed by atoms with Gasteiger partial charge in [-0.25, -0.2) is 5.43 Å². The van der Waals surface area contributed by atoms with E-state index in [4.69, 9.17) is 0 Å². The molecule has 3 nitrogen and oxygen atoms in total. The Bertz CT molecular complexity index is 381. The van der Waals surface area contributed by atoms with Crippen molar-refractivity contribution in [2.45, 2.75) is 52.5 Å². The molecule has 0 aliphatic heterocycles. The summed E-state index contributed by atoms with van der Waals surface area (Å²) < 4.78 is 0. The van der Waals surface area contributed by atoms with E-state index in [-0.39, 0.29) is 11.4 Å². The SMILES string of the molecule is CCCCCN(NC(C)(C)C)C(=O)c1ccccc1. The maximum Gasteiger partial charge on any atom is 0.267 e. The summed E-state index contributed by atoms with van der Waals surface area (Å²) in [4.78, 5) is 12.5. The molecule has 0 bridgehead atoms. The average molecular weight is 262 g/mol. The van der Waals surface area contributed by atoms with Crippen LogP contribution in [0.5, 0.6) is 0 Å². The molecule has 3 heteroatoms. The van der Waals surface area contributed by atoms with Gasteiger partial charge in [0.1, 0.15) is 0 Å². The molecule has 1 amide bonds. The van der Waals surface area contributed by atoms with E-state index >= 15 is 0 Å². The first kappa shape index (κ1) is 15.7. The number of hydrazine groups is 1. The molecule has 19 heavy (non-hydrogen) atoms. The van der Waals surface area contributed by atoms with E-state index < -0.39 is 0 Å². The molecule has 1 rings (SSSR count). The fourth-order valence-corrected chi connectivity index (χ4v) is 1.87. The molecule has 0 unspecified atom stereocenters. The molecular formula is C16H26N2O. The van der Waals surface area contributed by atoms with Crippen molar-refractivity contribution >= 4 is 5.91 Å². The molecule has 0 saturated heterocycles. The Labute approximate surface area is 117 Å². The zero-order chi connectivity index (χ0) is 14.3. The Morgan fingerprint density at radius 1 is 1.16 bits per heavy atom. The van der Waals surface area contributed by atoms with Gasteiger partial charge in [0.15, 0.2) is 0 Å². The Hall–Kier alpha value is -1.35. The van der Waals surface area contributed by atoms with Crippen molar-refractivity contribution in [3.8, 4) is 0 Å². The van der Waals surface area contributed by atoms with E-state index in [0.717, 1.165) is 31.4 Å². The number of carbonyl (C=O) groups is 1. The molecule has 0 heterocycles. The molecule has 0 aliphatic carbocycles. The van der Waals surface area contributed by atoms with Crippen LogP contribution in [0.2, 0.25) is 0 Å². The Morgan fingerprint density at radius 3 is 2.32 bits per heavy atom. The lowest BCUT2D eigenvalue weighted by atomic mass is 10.1. The zero-order valence-corrected chi connectivity index (χ0v) is 12.6. The first-order chi connectivity index (χ1) is 8.94. The van der Waals surface area contributed by atoms with Crippen LogP contribution in [0.4, 0.5) is 0 Å². The van der Waals surface area contributed by atoms with Gasteiger partial charge in [-0.2, -0.15) is 0 Å². The van der Waals surface area contributed by atoms with Crippen molar-refractivity contribution in [2.24, 2.45) is 0 Å². The fourth-order valence-electron chi connectivity index (χ4n) is 1.87. The molecule has 0 fully saturated rings. The number of unbranched alkanes of at least 4 members (excludes halogenated alkanes) is 2. The second kappa shape index (κ2) is 7.29. The Balaban J connectivity index is 2.74. The lowest BCUT2D eigenvalue weighted by molar-refractivity contribution is 0.0561. The van der Waals surface area contributed by atoms with Crippen LogP contribution in [-0.4, -0.2) is 23.0 Å². The van der Waals surface area contributed by atoms with E-state index in [0.29, 0.717) is 0 Å². The van der Waals surface area contributed by atoms with Crippen molar-refractivity contribution in [1.82, 2.24) is 10.4 Å². The smallest absolute Gasteiger partial charge is 0.267 e. The van der Waals surface area contributed by atoms with E-state index in [2.05, 4.69) is 33.1 Å². The number of carbonyl (C=O) groups excluding carboxylic acids is 1. The number of hydrogen-bond donors (Lipinski definition) is 1. The van der Waals surface area contributed by atoms with Crippen molar-refractivity contribution < 1.29 is 4.79 Å². The van der Waals surface area contributed by atoms with Gasteiger partial charge >= 0.3 is 0 Å². The highest BCUT2D eigenvalue weighted by Crippen LogP contribution is 2.09. The van der Waals surface area contributed by atoms with Crippen LogP contribution in [-0.2, 0) is 0 Å². The lowest BCUT2D eigenvalue weighted by Gasteiger charge is -2.31. The monoisotopic (exact) mass is 262 g/mol. The minimum absolute atomic E-state index is 0.0478. The van der Waals surface area contributed by atoms with Gasteiger partial charge in [-0.1, -0.05) is 38.0 Å². The van der Waals surface area contributed by atoms with Crippen molar-refractivity contribution in [3.63, 3.8) is 0 Å². The highest BCUT2D eigenvalue weighted by molar-refractivity contribution is 5.93. The minimum Gasteiger partial charge on any atom is -0.273 e. The van der Waals surface area contributed by atoms with Crippen molar-refractivity contribution in [3.05, 3.63) is 35.9 Å². The van der Waals surface area contributed by atoms with Gasteiger partial charge in [0, 0.05) is 17.6 Å². The molecule has 1 aromatic rings. The van der Waals surface area contributed by atoms with Gasteiger partial charge < -0.3 is 0 Å². The van der Waals surface area contributed by atoms with E-state index in [1.807, 2.05) is 30.3 Å². The number of benzene rings is 1. The van der Waals surface area contributed by atoms with Crippen LogP contribution in [0.25, 0.3) is 0 Å². The molecule has 0 saturated carbocycles. The standard InChI is InChI=1S/C16H26N2O/c1-5-6-10-13-18(17-16(2,3)4)15(19)14-11-8-7-9-12-14/h7-9,11-12,17H,5-6,10,13H2,1-4H3. The quantitative estimate of drug-likeness (QED) is 0.627. The van der Waals surface area contributed by atoms with Gasteiger partial charge in [0.2, 0.25) is 0 Å². The molecule has 0 aliphatic rings. The van der Waals surface area contributed by atoms with Crippen LogP contribution < -0.4 is 5.43 Å². The van der Waals surface area contributed by atoms with Gasteiger partial charge in [0.05, 0.1) is 0 Å². The van der Waals surface area contributed by atoms with Crippen LogP contribution in [0.15, 0.2) is 30.3 Å². The summed E-state index contributed by atoms with van der Waals surface area (Å²) in [5.74, 6) is 0.0478. The second-order valence-electron chi connectivity index (χ2n) is 5.89. The third-order valence-corrected chi connectivity index (χ3v) is 2.72. The zero-order valence-electron chi connectivity index (χ0n) is 12.6. The number of hydrogen-bond acceptors (Lipinski definition) is 2. The molecule has 0 spiro atoms. The Morgan fingerprint density at radius 2 is 1.79 bits per heavy atom. The molecule has 0 aromatic heterocycles. The summed E-state index contributed by atoms with van der Waals surface area (Å²) in [5, 5.41) is 1.75. The maximum absolute atomic E-state index is 12.5. The lowest BCUT2D eigenvalue weighted by Crippen LogP contribution is -2.52. The third kappa shape index (κ3) is 5.88. The first-order valence-electron chi connectivity index (χ1n) is 7.09. The van der Waals surface area contributed by atoms with E-state index in [1.54, 1.807) is 5.01 Å². The molecule has 1 aromatic carbocycles. The summed E-state index contributed by atoms with van der Waals surface area (Å²) in [6.07, 6.45) is 3.32. The van der Waals surface area contributed by atoms with E-state index in [9.17, 15) is 4.79 Å². The van der Waals surface area contributed by atoms with Crippen molar-refractivity contribution in [1.29, 1.82) is 0 Å². The maximum atomic E-state index is 12.5. The fraction of sp³-hybridized carbons (Fsp3) is 0.562. The molecule has 1 N–H and O–H groups in total. The van der Waals surface area contributed by atoms with E-state index in [1.165, 1.54) is 0 Å². The highest BCUT2D eigenvalue weighted by atomic mass is 16.2. The molecule has 0 atom stereocenters. The van der Waals surface area contributed by atoms with Crippen LogP contribution in [0, 0.1) is 0 Å². The van der Waals surface area contributed by atoms with Gasteiger partial charge in [-0.15, -0.1) is 0 Å². The normalized spacial score (nSPS) is 11.4. The largest absolute Gasteiger partial charge is 0.273 e. The first-order valence-corrected chi connectivity index (χ1v) is 7.09. The third-order valence-electron chi connectivity index (χ3n) is 2.72. The summed E-state index contributed by atoms with van der Waals surface area (Å²) >= 11 is 0.